The number of nitrogens with zero attached hydrogens (tertiary/aromatic N) is 4. The van der Waals surface area contributed by atoms with Crippen molar-refractivity contribution < 1.29 is 9.59 Å². The highest BCUT2D eigenvalue weighted by atomic mass is 16.2. The average Bonchev–Trinajstić information content (AvgIpc) is 3.09. The van der Waals surface area contributed by atoms with Crippen molar-refractivity contribution in [3.05, 3.63) is 37.1 Å². The highest BCUT2D eigenvalue weighted by Gasteiger charge is 2.41. The van der Waals surface area contributed by atoms with Crippen LogP contribution in [-0.4, -0.2) is 43.8 Å². The van der Waals surface area contributed by atoms with Crippen LogP contribution in [0.4, 0.5) is 5.69 Å². The van der Waals surface area contributed by atoms with E-state index >= 15 is 0 Å². The van der Waals surface area contributed by atoms with Crippen molar-refractivity contribution >= 4 is 17.5 Å². The van der Waals surface area contributed by atoms with E-state index in [0.717, 1.165) is 18.7 Å². The standard InChI is InChI=1S/C16H17N5O2/c22-15-7-11(9-21(15)13-2-3-13)16(23)19-12-1-4-14(18-8-12)20-6-5-17-10-20/h1,4-6,8,10-11,13H,2-3,7,9H2,(H,19,23)/t11-/m1/s1. The maximum atomic E-state index is 12.3. The summed E-state index contributed by atoms with van der Waals surface area (Å²) in [6.45, 7) is 0.538. The van der Waals surface area contributed by atoms with Crippen LogP contribution < -0.4 is 5.32 Å². The first-order valence-corrected chi connectivity index (χ1v) is 7.75. The monoisotopic (exact) mass is 311 g/mol. The van der Waals surface area contributed by atoms with E-state index in [9.17, 15) is 9.59 Å². The van der Waals surface area contributed by atoms with Crippen molar-refractivity contribution in [1.29, 1.82) is 0 Å². The second-order valence-electron chi connectivity index (χ2n) is 6.04. The molecule has 0 radical (unpaired) electrons. The summed E-state index contributed by atoms with van der Waals surface area (Å²) in [7, 11) is 0. The Hall–Kier alpha value is -2.70. The van der Waals surface area contributed by atoms with Crippen LogP contribution in [0.2, 0.25) is 0 Å². The zero-order valence-corrected chi connectivity index (χ0v) is 12.6. The summed E-state index contributed by atoms with van der Waals surface area (Å²) in [5, 5.41) is 2.85. The molecule has 4 rings (SSSR count). The van der Waals surface area contributed by atoms with Crippen LogP contribution in [-0.2, 0) is 9.59 Å². The molecule has 7 nitrogen and oxygen atoms in total. The molecule has 2 aromatic heterocycles. The molecule has 1 saturated carbocycles. The third kappa shape index (κ3) is 2.81. The molecular weight excluding hydrogens is 294 g/mol. The summed E-state index contributed by atoms with van der Waals surface area (Å²) in [5.74, 6) is 0.452. The third-order valence-corrected chi connectivity index (χ3v) is 4.30. The quantitative estimate of drug-likeness (QED) is 0.920. The lowest BCUT2D eigenvalue weighted by molar-refractivity contribution is -0.128. The van der Waals surface area contributed by atoms with Gasteiger partial charge in [0.25, 0.3) is 0 Å². The van der Waals surface area contributed by atoms with E-state index in [2.05, 4.69) is 15.3 Å². The lowest BCUT2D eigenvalue weighted by Gasteiger charge is -2.15. The molecule has 3 heterocycles. The number of rotatable bonds is 4. The van der Waals surface area contributed by atoms with E-state index in [4.69, 9.17) is 0 Å². The Balaban J connectivity index is 1.40. The van der Waals surface area contributed by atoms with Crippen LogP contribution in [0.3, 0.4) is 0 Å². The lowest BCUT2D eigenvalue weighted by atomic mass is 10.1. The molecule has 1 N–H and O–H groups in total. The second kappa shape index (κ2) is 5.49. The van der Waals surface area contributed by atoms with Gasteiger partial charge < -0.3 is 10.2 Å². The Morgan fingerprint density at radius 1 is 1.30 bits per heavy atom. The van der Waals surface area contributed by atoms with Gasteiger partial charge in [0, 0.05) is 31.4 Å². The molecule has 118 valence electrons. The van der Waals surface area contributed by atoms with Gasteiger partial charge in [-0.05, 0) is 25.0 Å². The molecule has 0 spiro atoms. The number of aromatic nitrogens is 3. The minimum absolute atomic E-state index is 0.0984. The minimum Gasteiger partial charge on any atom is -0.339 e. The van der Waals surface area contributed by atoms with Crippen LogP contribution in [0.5, 0.6) is 0 Å². The summed E-state index contributed by atoms with van der Waals surface area (Å²) in [5.41, 5.74) is 0.635. The molecule has 0 bridgehead atoms. The normalized spacial score (nSPS) is 20.8. The molecule has 2 amide bonds. The Labute approximate surface area is 133 Å². The molecule has 0 aromatic carbocycles. The largest absolute Gasteiger partial charge is 0.339 e. The van der Waals surface area contributed by atoms with E-state index in [0.29, 0.717) is 24.7 Å². The summed E-state index contributed by atoms with van der Waals surface area (Å²) in [4.78, 5) is 34.4. The number of nitrogens with one attached hydrogen (secondary N) is 1. The van der Waals surface area contributed by atoms with Gasteiger partial charge in [0.15, 0.2) is 0 Å². The zero-order chi connectivity index (χ0) is 15.8. The molecule has 2 aliphatic rings. The molecular formula is C16H17N5O2. The Morgan fingerprint density at radius 3 is 2.83 bits per heavy atom. The summed E-state index contributed by atoms with van der Waals surface area (Å²) in [6, 6.07) is 3.99. The fourth-order valence-corrected chi connectivity index (χ4v) is 2.90. The van der Waals surface area contributed by atoms with Gasteiger partial charge in [-0.1, -0.05) is 0 Å². The molecule has 1 saturated heterocycles. The second-order valence-corrected chi connectivity index (χ2v) is 6.04. The first-order valence-electron chi connectivity index (χ1n) is 7.75. The number of carbonyl (C=O) groups is 2. The van der Waals surface area contributed by atoms with E-state index < -0.39 is 0 Å². The number of amides is 2. The molecule has 1 aliphatic carbocycles. The van der Waals surface area contributed by atoms with Gasteiger partial charge in [0.05, 0.1) is 17.8 Å². The first-order chi connectivity index (χ1) is 11.2. The topological polar surface area (TPSA) is 80.1 Å². The maximum Gasteiger partial charge on any atom is 0.229 e. The number of imidazole rings is 1. The van der Waals surface area contributed by atoms with Crippen LogP contribution in [0.15, 0.2) is 37.1 Å². The molecule has 0 unspecified atom stereocenters. The highest BCUT2D eigenvalue weighted by Crippen LogP contribution is 2.32. The van der Waals surface area contributed by atoms with Crippen molar-refractivity contribution in [3.8, 4) is 5.82 Å². The first kappa shape index (κ1) is 13.9. The third-order valence-electron chi connectivity index (χ3n) is 4.30. The van der Waals surface area contributed by atoms with Crippen LogP contribution in [0.1, 0.15) is 19.3 Å². The van der Waals surface area contributed by atoms with Gasteiger partial charge in [-0.15, -0.1) is 0 Å². The number of hydrogen-bond donors (Lipinski definition) is 1. The minimum atomic E-state index is -0.267. The number of carbonyl (C=O) groups excluding carboxylic acids is 2. The number of pyridine rings is 1. The van der Waals surface area contributed by atoms with Gasteiger partial charge in [-0.2, -0.15) is 0 Å². The van der Waals surface area contributed by atoms with E-state index in [1.54, 1.807) is 35.6 Å². The fourth-order valence-electron chi connectivity index (χ4n) is 2.90. The van der Waals surface area contributed by atoms with Crippen molar-refractivity contribution in [2.24, 2.45) is 5.92 Å². The molecule has 23 heavy (non-hydrogen) atoms. The molecule has 7 heteroatoms. The van der Waals surface area contributed by atoms with Gasteiger partial charge in [0.1, 0.15) is 12.1 Å². The fraction of sp³-hybridized carbons (Fsp3) is 0.375. The number of anilines is 1. The molecule has 2 fully saturated rings. The van der Waals surface area contributed by atoms with Crippen LogP contribution in [0, 0.1) is 5.92 Å². The average molecular weight is 311 g/mol. The predicted molar refractivity (Wildman–Crippen MR) is 82.8 cm³/mol. The van der Waals surface area contributed by atoms with Crippen molar-refractivity contribution in [3.63, 3.8) is 0 Å². The van der Waals surface area contributed by atoms with E-state index in [-0.39, 0.29) is 17.7 Å². The number of likely N-dealkylation sites (tertiary alicyclic amines) is 1. The molecule has 1 aliphatic heterocycles. The van der Waals surface area contributed by atoms with Crippen LogP contribution >= 0.6 is 0 Å². The van der Waals surface area contributed by atoms with E-state index in [1.807, 2.05) is 11.0 Å². The number of hydrogen-bond acceptors (Lipinski definition) is 4. The van der Waals surface area contributed by atoms with Gasteiger partial charge in [0.2, 0.25) is 11.8 Å². The smallest absolute Gasteiger partial charge is 0.229 e. The van der Waals surface area contributed by atoms with Crippen LogP contribution in [0.25, 0.3) is 5.82 Å². The predicted octanol–water partition coefficient (Wildman–Crippen LogP) is 1.22. The van der Waals surface area contributed by atoms with Gasteiger partial charge in [-0.3, -0.25) is 14.2 Å². The summed E-state index contributed by atoms with van der Waals surface area (Å²) < 4.78 is 1.79. The SMILES string of the molecule is O=C(Nc1ccc(-n2ccnc2)nc1)[C@@H]1CC(=O)N(C2CC2)C1. The molecule has 1 atom stereocenters. The summed E-state index contributed by atoms with van der Waals surface area (Å²) >= 11 is 0. The molecule has 2 aromatic rings. The van der Waals surface area contributed by atoms with Crippen molar-refractivity contribution in [2.75, 3.05) is 11.9 Å². The summed E-state index contributed by atoms with van der Waals surface area (Å²) in [6.07, 6.45) is 9.21. The highest BCUT2D eigenvalue weighted by molar-refractivity contribution is 5.97. The Bertz CT molecular complexity index is 721. The van der Waals surface area contributed by atoms with Gasteiger partial charge in [-0.25, -0.2) is 9.97 Å². The zero-order valence-electron chi connectivity index (χ0n) is 12.6. The maximum absolute atomic E-state index is 12.3. The Kier molecular flexibility index (Phi) is 3.33. The van der Waals surface area contributed by atoms with Gasteiger partial charge >= 0.3 is 0 Å². The lowest BCUT2D eigenvalue weighted by Crippen LogP contribution is -2.29. The Morgan fingerprint density at radius 2 is 2.17 bits per heavy atom. The van der Waals surface area contributed by atoms with E-state index in [1.165, 1.54) is 0 Å². The van der Waals surface area contributed by atoms with Crippen molar-refractivity contribution in [1.82, 2.24) is 19.4 Å². The van der Waals surface area contributed by atoms with Crippen molar-refractivity contribution in [2.45, 2.75) is 25.3 Å².